The summed E-state index contributed by atoms with van der Waals surface area (Å²) in [4.78, 5) is 17.8. The molecule has 0 aliphatic carbocycles. The van der Waals surface area contributed by atoms with Crippen LogP contribution in [0.25, 0.3) is 22.3 Å². The average molecular weight is 756 g/mol. The van der Waals surface area contributed by atoms with Crippen LogP contribution in [0.1, 0.15) is 20.3 Å². The number of anilines is 2. The molecule has 1 saturated heterocycles. The van der Waals surface area contributed by atoms with Gasteiger partial charge in [0.25, 0.3) is 0 Å². The quantitative estimate of drug-likeness (QED) is 0.208. The minimum atomic E-state index is -0.375. The third kappa shape index (κ3) is 8.08. The van der Waals surface area contributed by atoms with Gasteiger partial charge in [0.1, 0.15) is 0 Å². The van der Waals surface area contributed by atoms with Crippen LogP contribution in [0.2, 0.25) is 0 Å². The topological polar surface area (TPSA) is 79.2 Å². The third-order valence-electron chi connectivity index (χ3n) is 7.10. The van der Waals surface area contributed by atoms with Crippen molar-refractivity contribution in [2.45, 2.75) is 32.5 Å². The molecule has 2 N–H and O–H groups in total. The van der Waals surface area contributed by atoms with Gasteiger partial charge in [-0.15, -0.1) is 0 Å². The van der Waals surface area contributed by atoms with Gasteiger partial charge in [-0.25, -0.2) is 0 Å². The number of rotatable bonds is 8. The second-order valence-electron chi connectivity index (χ2n) is 11.2. The Labute approximate surface area is 267 Å². The van der Waals surface area contributed by atoms with E-state index in [0.717, 1.165) is 37.8 Å². The molecule has 5 rings (SSSR count). The van der Waals surface area contributed by atoms with Crippen LogP contribution in [0.5, 0.6) is 0 Å². The van der Waals surface area contributed by atoms with E-state index in [1.807, 2.05) is 24.5 Å². The second-order valence-corrected chi connectivity index (χ2v) is 12.2. The van der Waals surface area contributed by atoms with Gasteiger partial charge in [0.15, 0.2) is 0 Å². The zero-order valence-electron chi connectivity index (χ0n) is 25.6. The molecule has 2 unspecified atom stereocenters. The van der Waals surface area contributed by atoms with Crippen molar-refractivity contribution in [2.75, 3.05) is 37.8 Å². The predicted molar refractivity (Wildman–Crippen MR) is 175 cm³/mol. The molecule has 0 bridgehead atoms. The summed E-state index contributed by atoms with van der Waals surface area (Å²) in [5.74, 6) is 0. The Hall–Kier alpha value is -3.13. The van der Waals surface area contributed by atoms with Gasteiger partial charge >= 0.3 is 226 Å². The minimum absolute atomic E-state index is 0.0889. The summed E-state index contributed by atoms with van der Waals surface area (Å²) in [5.41, 5.74) is 6.65. The molecule has 8 nitrogen and oxygen atoms in total. The fourth-order valence-electron chi connectivity index (χ4n) is 5.19. The molecule has 0 saturated carbocycles. The normalized spacial score (nSPS) is 14.7. The maximum atomic E-state index is 8.56. The van der Waals surface area contributed by atoms with Crippen LogP contribution in [-0.2, 0) is 19.4 Å². The number of aromatic nitrogens is 2. The Morgan fingerprint density at radius 1 is 0.744 bits per heavy atom. The van der Waals surface area contributed by atoms with E-state index in [1.54, 1.807) is 26.2 Å². The zero-order valence-corrected chi connectivity index (χ0v) is 27.8. The standard InChI is InChI=1S/C27H27B2N6.C5H12O2.Pt/c1-32(2)28-29(33(3)4)35(27-15-11-23(12-16-27)25-8-6-18-31-20-25)21-34(28)26-13-9-22(10-14-26)24-7-5-17-30-19-24;1-4(6)3-5(2)7;/h5-15,17-20H,1-4H3;4-7H,3H2,1-2H3;/q-1;;. The first-order valence-corrected chi connectivity index (χ1v) is 15.4. The van der Waals surface area contributed by atoms with Gasteiger partial charge < -0.3 is 10.2 Å². The van der Waals surface area contributed by atoms with E-state index in [0.29, 0.717) is 6.42 Å². The molecule has 1 aliphatic rings. The Kier molecular flexibility index (Phi) is 11.5. The Bertz CT molecular complexity index is 1330. The van der Waals surface area contributed by atoms with Gasteiger partial charge in [-0.2, -0.15) is 0 Å². The fourth-order valence-corrected chi connectivity index (χ4v) is 6.36. The first-order valence-electron chi connectivity index (χ1n) is 14.3. The molecule has 0 amide bonds. The molecule has 43 heavy (non-hydrogen) atoms. The van der Waals surface area contributed by atoms with Crippen molar-refractivity contribution in [2.24, 2.45) is 0 Å². The van der Waals surface area contributed by atoms with Gasteiger partial charge in [-0.05, 0) is 20.3 Å². The predicted octanol–water partition coefficient (Wildman–Crippen LogP) is 3.89. The maximum absolute atomic E-state index is 8.56. The number of aliphatic hydroxyl groups excluding tert-OH is 2. The van der Waals surface area contributed by atoms with E-state index in [4.69, 9.17) is 10.2 Å². The van der Waals surface area contributed by atoms with Crippen LogP contribution in [0.3, 0.4) is 0 Å². The van der Waals surface area contributed by atoms with E-state index in [1.165, 1.54) is 0 Å². The van der Waals surface area contributed by atoms with Gasteiger partial charge in [0.2, 0.25) is 0 Å². The SMILES string of the molecule is CC(O)CC(C)O.CN(C)B1B(N(C)C)N(c2ccc(-c3cccnc3)cc2)[C](=[Pt])N1c1[c-]cc(-c2cccnc2)cc1. The fraction of sp³-hybridized carbons (Fsp3) is 0.281. The van der Waals surface area contributed by atoms with Crippen LogP contribution in [0.15, 0.2) is 91.5 Å². The van der Waals surface area contributed by atoms with Crippen LogP contribution >= 0.6 is 0 Å². The summed E-state index contributed by atoms with van der Waals surface area (Å²) in [6.07, 6.45) is 7.11. The van der Waals surface area contributed by atoms with Gasteiger partial charge in [0.05, 0.1) is 12.2 Å². The van der Waals surface area contributed by atoms with Crippen molar-refractivity contribution in [3.63, 3.8) is 0 Å². The molecule has 2 atom stereocenters. The van der Waals surface area contributed by atoms with Crippen LogP contribution in [0.4, 0.5) is 11.4 Å². The van der Waals surface area contributed by atoms with Gasteiger partial charge in [0, 0.05) is 0 Å². The first kappa shape index (κ1) is 32.8. The molecular formula is C32H39B2N6O2Pt-. The van der Waals surface area contributed by atoms with E-state index in [2.05, 4.69) is 137 Å². The molecule has 11 heteroatoms. The number of benzene rings is 2. The molecule has 2 aromatic heterocycles. The molecule has 0 spiro atoms. The molecular weight excluding hydrogens is 717 g/mol. The van der Waals surface area contributed by atoms with Crippen LogP contribution in [-0.4, -0.2) is 88.1 Å². The first-order chi connectivity index (χ1) is 20.6. The zero-order chi connectivity index (χ0) is 31.1. The van der Waals surface area contributed by atoms with Crippen LogP contribution in [0, 0.1) is 6.07 Å². The summed E-state index contributed by atoms with van der Waals surface area (Å²) in [6, 6.07) is 26.7. The molecule has 4 aromatic rings. The van der Waals surface area contributed by atoms with E-state index in [-0.39, 0.29) is 26.0 Å². The van der Waals surface area contributed by atoms with Crippen molar-refractivity contribution < 1.29 is 29.6 Å². The number of pyridine rings is 2. The Morgan fingerprint density at radius 2 is 1.26 bits per heavy atom. The number of hydrogen-bond acceptors (Lipinski definition) is 8. The van der Waals surface area contributed by atoms with Crippen molar-refractivity contribution in [3.8, 4) is 22.3 Å². The Morgan fingerprint density at radius 3 is 1.67 bits per heavy atom. The van der Waals surface area contributed by atoms with E-state index >= 15 is 0 Å². The Balaban J connectivity index is 0.000000541. The monoisotopic (exact) mass is 756 g/mol. The number of hydrogen-bond donors (Lipinski definition) is 2. The average Bonchev–Trinajstić information content (AvgIpc) is 3.31. The summed E-state index contributed by atoms with van der Waals surface area (Å²) in [5, 5.41) is 17.1. The van der Waals surface area contributed by atoms with Crippen molar-refractivity contribution in [3.05, 3.63) is 97.6 Å². The summed E-state index contributed by atoms with van der Waals surface area (Å²) in [6.45, 7) is 3.51. The van der Waals surface area contributed by atoms with Gasteiger partial charge in [-0.3, -0.25) is 0 Å². The summed E-state index contributed by atoms with van der Waals surface area (Å²) in [7, 11) is 8.55. The molecule has 1 fully saturated rings. The molecule has 3 heterocycles. The third-order valence-corrected chi connectivity index (χ3v) is 8.19. The summed E-state index contributed by atoms with van der Waals surface area (Å²) < 4.78 is 1.13. The van der Waals surface area contributed by atoms with Crippen molar-refractivity contribution >= 4 is 29.3 Å². The van der Waals surface area contributed by atoms with Crippen LogP contribution < -0.4 is 9.62 Å². The van der Waals surface area contributed by atoms with Crippen molar-refractivity contribution in [1.29, 1.82) is 0 Å². The molecule has 1 aliphatic heterocycles. The van der Waals surface area contributed by atoms with Crippen molar-refractivity contribution in [1.82, 2.24) is 19.6 Å². The molecule has 2 aromatic carbocycles. The number of aliphatic hydroxyl groups is 2. The second kappa shape index (κ2) is 15.0. The summed E-state index contributed by atoms with van der Waals surface area (Å²) >= 11 is 2.45. The van der Waals surface area contributed by atoms with E-state index < -0.39 is 0 Å². The van der Waals surface area contributed by atoms with Gasteiger partial charge in [-0.1, -0.05) is 0 Å². The molecule has 0 radical (unpaired) electrons. The molecule has 226 valence electrons. The number of nitrogens with zero attached hydrogens (tertiary/aromatic N) is 6. The van der Waals surface area contributed by atoms with E-state index in [9.17, 15) is 0 Å².